The number of alkyl halides is 4. The van der Waals surface area contributed by atoms with Gasteiger partial charge < -0.3 is 92.3 Å². The molecule has 16 atom stereocenters. The van der Waals surface area contributed by atoms with E-state index < -0.39 is 145 Å². The summed E-state index contributed by atoms with van der Waals surface area (Å²) in [5.74, 6) is 6.72. The van der Waals surface area contributed by atoms with Gasteiger partial charge >= 0.3 is 0 Å². The normalized spacial score (nSPS) is 30.4. The van der Waals surface area contributed by atoms with Crippen LogP contribution in [0.2, 0.25) is 0 Å². The van der Waals surface area contributed by atoms with E-state index in [-0.39, 0.29) is 61.9 Å². The Morgan fingerprint density at radius 3 is 1.47 bits per heavy atom. The van der Waals surface area contributed by atoms with Crippen molar-refractivity contribution >= 4 is 127 Å². The molecule has 0 aromatic carbocycles. The van der Waals surface area contributed by atoms with E-state index in [1.54, 1.807) is 0 Å². The maximum Gasteiger partial charge on any atom is 0.264 e. The third kappa shape index (κ3) is 11.9. The van der Waals surface area contributed by atoms with Crippen LogP contribution in [0, 0.1) is 55.7 Å². The van der Waals surface area contributed by atoms with Crippen LogP contribution in [-0.2, 0) is 18.9 Å². The topological polar surface area (TPSA) is 494 Å². The van der Waals surface area contributed by atoms with Crippen molar-refractivity contribution in [1.29, 1.82) is 0 Å². The molecule has 4 aliphatic rings. The fraction of sp³-hybridized carbons (Fsp3) is 0.400. The van der Waals surface area contributed by atoms with E-state index in [0.29, 0.717) is 5.52 Å². The second-order valence-corrected chi connectivity index (χ2v) is 21.0. The maximum absolute atomic E-state index is 15.2. The molecular weight excluding hydrogens is 1350 g/mol. The van der Waals surface area contributed by atoms with Crippen molar-refractivity contribution in [2.24, 2.45) is 0 Å². The number of aromatic amines is 3. The number of aromatic nitrogens is 14. The van der Waals surface area contributed by atoms with Gasteiger partial charge in [-0.15, -0.1) is 0 Å². The first kappa shape index (κ1) is 68.3. The summed E-state index contributed by atoms with van der Waals surface area (Å²) in [6, 6.07) is 1.40. The van der Waals surface area contributed by atoms with Crippen LogP contribution >= 0.6 is 58.6 Å². The van der Waals surface area contributed by atoms with Gasteiger partial charge in [0.1, 0.15) is 70.9 Å². The van der Waals surface area contributed by atoms with Gasteiger partial charge in [-0.05, 0) is 76.2 Å². The predicted octanol–water partition coefficient (Wildman–Crippen LogP) is -1.13. The number of ether oxygens (including phenoxy) is 4. The molecule has 0 amide bonds. The van der Waals surface area contributed by atoms with E-state index in [9.17, 15) is 54.8 Å². The van der Waals surface area contributed by atoms with Crippen molar-refractivity contribution in [3.8, 4) is 45.2 Å². The molecular formula is C50H45Cl4F5N18O14S. The molecule has 8 aromatic rings. The summed E-state index contributed by atoms with van der Waals surface area (Å²) in [7, 11) is 0. The van der Waals surface area contributed by atoms with Gasteiger partial charge in [0, 0.05) is 33.9 Å². The number of halogens is 9. The summed E-state index contributed by atoms with van der Waals surface area (Å²) >= 11 is 26.2. The number of nitrogens with zero attached hydrogens (tertiary/aromatic N) is 11. The molecule has 32 nitrogen and oxygen atoms in total. The number of anilines is 4. The van der Waals surface area contributed by atoms with Crippen molar-refractivity contribution < 1.29 is 81.8 Å². The van der Waals surface area contributed by atoms with E-state index >= 15 is 17.6 Å². The van der Waals surface area contributed by atoms with Crippen molar-refractivity contribution in [3.63, 3.8) is 0 Å². The zero-order chi connectivity index (χ0) is 67.1. The number of fused-ring (bicyclic) bond motifs is 4. The van der Waals surface area contributed by atoms with Gasteiger partial charge in [0.25, 0.3) is 11.1 Å². The van der Waals surface area contributed by atoms with E-state index in [1.807, 2.05) is 27.4 Å². The molecule has 0 saturated carbocycles. The second-order valence-electron chi connectivity index (χ2n) is 19.9. The molecule has 19 N–H and O–H groups in total. The Morgan fingerprint density at radius 2 is 0.989 bits per heavy atom. The Morgan fingerprint density at radius 1 is 0.565 bits per heavy atom. The molecule has 4 unspecified atom stereocenters. The van der Waals surface area contributed by atoms with Gasteiger partial charge in [0.2, 0.25) is 40.5 Å². The first-order chi connectivity index (χ1) is 43.7. The Labute approximate surface area is 533 Å². The van der Waals surface area contributed by atoms with Crippen LogP contribution in [0.5, 0.6) is 0 Å². The highest BCUT2D eigenvalue weighted by atomic mass is 35.5. The van der Waals surface area contributed by atoms with Gasteiger partial charge in [-0.3, -0.25) is 33.3 Å². The highest BCUT2D eigenvalue weighted by Crippen LogP contribution is 2.46. The average molecular weight is 1390 g/mol. The summed E-state index contributed by atoms with van der Waals surface area (Å²) in [6.45, 7) is -2.52. The minimum Gasteiger partial charge on any atom is -0.394 e. The molecule has 8 aromatic heterocycles. The van der Waals surface area contributed by atoms with Crippen molar-refractivity contribution in [2.45, 2.75) is 96.4 Å². The fourth-order valence-electron chi connectivity index (χ4n) is 10.2. The molecule has 488 valence electrons. The van der Waals surface area contributed by atoms with Crippen LogP contribution in [-0.4, -0.2) is 207 Å². The van der Waals surface area contributed by atoms with Gasteiger partial charge in [-0.25, -0.2) is 41.9 Å². The van der Waals surface area contributed by atoms with Gasteiger partial charge in [-0.1, -0.05) is 12.2 Å². The molecule has 92 heavy (non-hydrogen) atoms. The van der Waals surface area contributed by atoms with E-state index in [2.05, 4.69) is 67.6 Å². The average Bonchev–Trinajstić information content (AvgIpc) is 1.62. The Balaban J connectivity index is 0.000000145. The molecule has 0 radical (unpaired) electrons. The lowest BCUT2D eigenvalue weighted by Gasteiger charge is -2.24. The first-order valence-corrected chi connectivity index (χ1v) is 27.7. The van der Waals surface area contributed by atoms with Crippen LogP contribution in [0.3, 0.4) is 0 Å². The number of nitrogens with one attached hydrogen (secondary N) is 3. The van der Waals surface area contributed by atoms with Crippen molar-refractivity contribution in [2.75, 3.05) is 49.4 Å². The molecule has 12 heterocycles. The summed E-state index contributed by atoms with van der Waals surface area (Å²) < 4.78 is 101. The van der Waals surface area contributed by atoms with Crippen LogP contribution in [0.15, 0.2) is 46.9 Å². The van der Waals surface area contributed by atoms with Crippen LogP contribution in [0.1, 0.15) is 24.9 Å². The van der Waals surface area contributed by atoms with Gasteiger partial charge in [-0.2, -0.15) is 15.0 Å². The second kappa shape index (κ2) is 26.9. The lowest BCUT2D eigenvalue weighted by atomic mass is 9.97. The zero-order valence-corrected chi connectivity index (χ0v) is 49.6. The Bertz CT molecular complexity index is 4440. The first-order valence-electron chi connectivity index (χ1n) is 25.8. The standard InChI is InChI=1S/C13H11ClF2N4O4.C13H12ClFN4O4.C12H11ClFN5O3S.C12H11ClFN5O3/c14-2-1-13(16)8(22)6(4-21)24-11(13)20-3-5(15)7-9(20)18-12(17)19-10(7)23;14-3-2-13(15)8(21)7(5-20)23-11(13)19-4-1-6-9(19)17-12(16)18-10(6)22;13-2-1-12(14)7(21)5(3-20)22-10(12)19-4-16-6-8(19)17-11(15)18-9(6)23;13-2-1-12(14)8(21)7(4-20)22-10(12)19-5-17-6-3-16-11(15)18-9(6)19/h3,6,8,11,21-22H,4H2,(H3,17,18,19,23);1,4,7-8,11,20-21H,5H2,(H3,16,17,18,22);4-5,7,10,20-21H,3H2,(H3,15,17,18,23);3,5,7-8,10,20-21H,4H2,(H2,15,16,18)/t6-,8+,11-,13?;7-,8+,11-,13?;5-,7+,10-,12?;7-,8+,10-,12?/m1111/s1. The molecule has 12 rings (SSSR count). The summed E-state index contributed by atoms with van der Waals surface area (Å²) in [5.41, 5.74) is 11.1. The lowest BCUT2D eigenvalue weighted by molar-refractivity contribution is -0.0504. The third-order valence-corrected chi connectivity index (χ3v) is 15.2. The predicted molar refractivity (Wildman–Crippen MR) is 314 cm³/mol. The Hall–Kier alpha value is -8.07. The number of aliphatic hydroxyl groups excluding tert-OH is 8. The Kier molecular flexibility index (Phi) is 19.9. The minimum atomic E-state index is -2.77. The van der Waals surface area contributed by atoms with E-state index in [0.717, 1.165) is 10.8 Å². The van der Waals surface area contributed by atoms with Crippen LogP contribution in [0.4, 0.5) is 45.7 Å². The SMILES string of the molecule is Nc1nc(=S)c2ncn([C@@H]3O[C@H](CO)[C@H](O)C3(F)C#CCl)c2[nH]1.Nc1nc2c(c(F)cn2[C@@H]2O[C@H](CO)[C@H](O)C2(F)C#CCl)c(=O)[nH]1.Nc1nc2c(ccn2[C@@H]2O[C@H](CO)[C@H](O)C2(F)C#CCl)c(=O)[nH]1.Nc1ncc2ncn([C@@H]3O[C@H](CO)[C@H](O)C3(F)C#CCl)c2n1. The number of nitrogens with two attached hydrogens (primary N) is 4. The number of H-pyrrole nitrogens is 3. The summed E-state index contributed by atoms with van der Waals surface area (Å²) in [5, 5.41) is 84.2. The zero-order valence-electron chi connectivity index (χ0n) is 45.8. The number of nitrogen functional groups attached to an aromatic ring is 4. The molecule has 0 aliphatic carbocycles. The molecule has 4 saturated heterocycles. The highest BCUT2D eigenvalue weighted by molar-refractivity contribution is 7.71. The van der Waals surface area contributed by atoms with Crippen molar-refractivity contribution in [3.05, 3.63) is 68.5 Å². The van der Waals surface area contributed by atoms with Gasteiger partial charge in [0.15, 0.2) is 58.3 Å². The van der Waals surface area contributed by atoms with Crippen molar-refractivity contribution in [1.82, 2.24) is 68.1 Å². The molecule has 4 fully saturated rings. The molecule has 0 spiro atoms. The highest BCUT2D eigenvalue weighted by Gasteiger charge is 2.61. The number of hydrogen-bond donors (Lipinski definition) is 15. The van der Waals surface area contributed by atoms with Crippen LogP contribution < -0.4 is 34.1 Å². The monoisotopic (exact) mass is 1390 g/mol. The number of aliphatic hydroxyl groups is 8. The maximum atomic E-state index is 15.2. The van der Waals surface area contributed by atoms with Crippen LogP contribution in [0.25, 0.3) is 44.4 Å². The summed E-state index contributed by atoms with van der Waals surface area (Å²) in [4.78, 5) is 58.2. The smallest absolute Gasteiger partial charge is 0.264 e. The quantitative estimate of drug-likeness (QED) is 0.0486. The molecule has 42 heteroatoms. The van der Waals surface area contributed by atoms with E-state index in [1.165, 1.54) is 44.8 Å². The number of imidazole rings is 2. The summed E-state index contributed by atoms with van der Waals surface area (Å²) in [6.07, 6.45) is -11.9. The third-order valence-electron chi connectivity index (χ3n) is 14.5. The fourth-order valence-corrected chi connectivity index (χ4v) is 11.0. The minimum absolute atomic E-state index is 0.00869. The lowest BCUT2D eigenvalue weighted by Crippen LogP contribution is -2.42. The van der Waals surface area contributed by atoms with Gasteiger partial charge in [0.05, 0.1) is 50.7 Å². The van der Waals surface area contributed by atoms with E-state index in [4.69, 9.17) is 101 Å². The number of hydrogen-bond acceptors (Lipinski definition) is 26. The number of rotatable bonds is 8. The molecule has 4 aliphatic heterocycles. The largest absolute Gasteiger partial charge is 0.394 e. The molecule has 0 bridgehead atoms.